The number of alkyl halides is 3. The van der Waals surface area contributed by atoms with E-state index in [9.17, 15) is 17.6 Å². The Bertz CT molecular complexity index is 586. The van der Waals surface area contributed by atoms with Gasteiger partial charge in [-0.15, -0.1) is 0 Å². The summed E-state index contributed by atoms with van der Waals surface area (Å²) in [6.45, 7) is 6.05. The van der Waals surface area contributed by atoms with Gasteiger partial charge in [0.15, 0.2) is 5.82 Å². The highest BCUT2D eigenvalue weighted by molar-refractivity contribution is 5.51. The van der Waals surface area contributed by atoms with E-state index in [1.807, 2.05) is 0 Å². The summed E-state index contributed by atoms with van der Waals surface area (Å²) in [5.74, 6) is 0.520. The summed E-state index contributed by atoms with van der Waals surface area (Å²) >= 11 is 0. The standard InChI is InChI=1S/C20H28F4N2/c1-15-5-7-16(8-6-15)9-10-25-11-13-26(14-12-25)18-4-2-3-17(19(18)21)20(22,23)24/h2-4,15-16H,5-14H2,1H3. The highest BCUT2D eigenvalue weighted by atomic mass is 19.4. The lowest BCUT2D eigenvalue weighted by molar-refractivity contribution is -0.139. The lowest BCUT2D eigenvalue weighted by Crippen LogP contribution is -2.47. The summed E-state index contributed by atoms with van der Waals surface area (Å²) in [7, 11) is 0. The van der Waals surface area contributed by atoms with Crippen LogP contribution >= 0.6 is 0 Å². The zero-order valence-electron chi connectivity index (χ0n) is 15.4. The van der Waals surface area contributed by atoms with Gasteiger partial charge < -0.3 is 4.90 Å². The van der Waals surface area contributed by atoms with E-state index in [0.717, 1.165) is 37.5 Å². The molecular weight excluding hydrogens is 344 g/mol. The molecule has 0 atom stereocenters. The fourth-order valence-corrected chi connectivity index (χ4v) is 4.18. The summed E-state index contributed by atoms with van der Waals surface area (Å²) in [5, 5.41) is 0. The van der Waals surface area contributed by atoms with Gasteiger partial charge in [0.05, 0.1) is 11.3 Å². The maximum Gasteiger partial charge on any atom is 0.419 e. The van der Waals surface area contributed by atoms with Crippen molar-refractivity contribution in [3.63, 3.8) is 0 Å². The van der Waals surface area contributed by atoms with Crippen LogP contribution in [0.5, 0.6) is 0 Å². The Hall–Kier alpha value is -1.30. The molecule has 2 aliphatic rings. The zero-order valence-corrected chi connectivity index (χ0v) is 15.4. The minimum absolute atomic E-state index is 0.0701. The Morgan fingerprint density at radius 1 is 1.00 bits per heavy atom. The zero-order chi connectivity index (χ0) is 18.7. The van der Waals surface area contributed by atoms with Crippen molar-refractivity contribution >= 4 is 5.69 Å². The Labute approximate surface area is 153 Å². The van der Waals surface area contributed by atoms with Gasteiger partial charge in [-0.2, -0.15) is 13.2 Å². The number of halogens is 4. The molecule has 0 unspecified atom stereocenters. The third-order valence-electron chi connectivity index (χ3n) is 5.99. The molecule has 26 heavy (non-hydrogen) atoms. The molecule has 0 spiro atoms. The van der Waals surface area contributed by atoms with Crippen molar-refractivity contribution in [2.45, 2.75) is 45.2 Å². The van der Waals surface area contributed by atoms with Crippen LogP contribution in [-0.2, 0) is 6.18 Å². The van der Waals surface area contributed by atoms with E-state index >= 15 is 0 Å². The lowest BCUT2D eigenvalue weighted by Gasteiger charge is -2.37. The second-order valence-electron chi connectivity index (χ2n) is 7.88. The highest BCUT2D eigenvalue weighted by Gasteiger charge is 2.35. The number of rotatable bonds is 4. The van der Waals surface area contributed by atoms with Gasteiger partial charge in [0.2, 0.25) is 0 Å². The van der Waals surface area contributed by atoms with E-state index in [1.54, 1.807) is 4.90 Å². The van der Waals surface area contributed by atoms with Crippen LogP contribution in [0.2, 0.25) is 0 Å². The topological polar surface area (TPSA) is 6.48 Å². The first-order valence-electron chi connectivity index (χ1n) is 9.67. The second-order valence-corrected chi connectivity index (χ2v) is 7.88. The van der Waals surface area contributed by atoms with E-state index in [0.29, 0.717) is 13.1 Å². The van der Waals surface area contributed by atoms with Gasteiger partial charge in [-0.3, -0.25) is 4.90 Å². The molecule has 2 nitrogen and oxygen atoms in total. The minimum atomic E-state index is -4.65. The Kier molecular flexibility index (Phi) is 6.10. The van der Waals surface area contributed by atoms with Gasteiger partial charge in [0, 0.05) is 26.2 Å². The molecule has 1 aliphatic heterocycles. The minimum Gasteiger partial charge on any atom is -0.367 e. The average molecular weight is 372 g/mol. The molecular formula is C20H28F4N2. The molecule has 1 saturated carbocycles. The predicted molar refractivity (Wildman–Crippen MR) is 95.8 cm³/mol. The van der Waals surface area contributed by atoms with E-state index < -0.39 is 17.6 Å². The molecule has 1 saturated heterocycles. The van der Waals surface area contributed by atoms with Crippen LogP contribution in [0.25, 0.3) is 0 Å². The van der Waals surface area contributed by atoms with E-state index in [2.05, 4.69) is 11.8 Å². The molecule has 0 amide bonds. The number of piperazine rings is 1. The van der Waals surface area contributed by atoms with Gasteiger partial charge >= 0.3 is 6.18 Å². The Balaban J connectivity index is 1.51. The Morgan fingerprint density at radius 3 is 2.27 bits per heavy atom. The summed E-state index contributed by atoms with van der Waals surface area (Å²) < 4.78 is 53.0. The van der Waals surface area contributed by atoms with Crippen LogP contribution in [-0.4, -0.2) is 37.6 Å². The van der Waals surface area contributed by atoms with Crippen LogP contribution < -0.4 is 4.90 Å². The van der Waals surface area contributed by atoms with Gasteiger partial charge in [-0.25, -0.2) is 4.39 Å². The summed E-state index contributed by atoms with van der Waals surface area (Å²) in [4.78, 5) is 4.10. The van der Waals surface area contributed by atoms with Crippen LogP contribution in [0.1, 0.15) is 44.6 Å². The number of anilines is 1. The molecule has 1 aromatic carbocycles. The van der Waals surface area contributed by atoms with Crippen molar-refractivity contribution in [2.24, 2.45) is 11.8 Å². The fraction of sp³-hybridized carbons (Fsp3) is 0.700. The summed E-state index contributed by atoms with van der Waals surface area (Å²) in [5.41, 5.74) is -1.11. The third-order valence-corrected chi connectivity index (χ3v) is 5.99. The lowest BCUT2D eigenvalue weighted by atomic mass is 9.81. The first-order chi connectivity index (χ1) is 12.3. The van der Waals surface area contributed by atoms with Gasteiger partial charge in [-0.1, -0.05) is 38.7 Å². The van der Waals surface area contributed by atoms with Crippen molar-refractivity contribution in [3.8, 4) is 0 Å². The molecule has 0 bridgehead atoms. The Morgan fingerprint density at radius 2 is 1.65 bits per heavy atom. The largest absolute Gasteiger partial charge is 0.419 e. The molecule has 0 N–H and O–H groups in total. The molecule has 1 aliphatic carbocycles. The van der Waals surface area contributed by atoms with Crippen LogP contribution in [0, 0.1) is 17.7 Å². The summed E-state index contributed by atoms with van der Waals surface area (Å²) in [6, 6.07) is 3.54. The maximum atomic E-state index is 14.3. The van der Waals surface area contributed by atoms with Crippen LogP contribution in [0.3, 0.4) is 0 Å². The van der Waals surface area contributed by atoms with E-state index in [1.165, 1.54) is 44.2 Å². The number of hydrogen-bond acceptors (Lipinski definition) is 2. The smallest absolute Gasteiger partial charge is 0.367 e. The molecule has 1 aromatic rings. The van der Waals surface area contributed by atoms with Crippen LogP contribution in [0.4, 0.5) is 23.2 Å². The first-order valence-corrected chi connectivity index (χ1v) is 9.67. The quantitative estimate of drug-likeness (QED) is 0.672. The van der Waals surface area contributed by atoms with Gasteiger partial charge in [0.25, 0.3) is 0 Å². The first kappa shape index (κ1) is 19.5. The monoisotopic (exact) mass is 372 g/mol. The predicted octanol–water partition coefficient (Wildman–Crippen LogP) is 5.18. The van der Waals surface area contributed by atoms with Crippen molar-refractivity contribution in [3.05, 3.63) is 29.6 Å². The number of hydrogen-bond donors (Lipinski definition) is 0. The molecule has 0 aromatic heterocycles. The van der Waals surface area contributed by atoms with Gasteiger partial charge in [0.1, 0.15) is 0 Å². The maximum absolute atomic E-state index is 14.3. The van der Waals surface area contributed by atoms with E-state index in [-0.39, 0.29) is 5.69 Å². The van der Waals surface area contributed by atoms with Crippen LogP contribution in [0.15, 0.2) is 18.2 Å². The molecule has 146 valence electrons. The number of benzene rings is 1. The molecule has 2 fully saturated rings. The van der Waals surface area contributed by atoms with Crippen molar-refractivity contribution in [1.82, 2.24) is 4.90 Å². The third kappa shape index (κ3) is 4.70. The SMILES string of the molecule is CC1CCC(CCN2CCN(c3cccc(C(F)(F)F)c3F)CC2)CC1. The van der Waals surface area contributed by atoms with Crippen molar-refractivity contribution in [2.75, 3.05) is 37.6 Å². The molecule has 1 heterocycles. The molecule has 6 heteroatoms. The van der Waals surface area contributed by atoms with Gasteiger partial charge in [-0.05, 0) is 36.9 Å². The fourth-order valence-electron chi connectivity index (χ4n) is 4.18. The van der Waals surface area contributed by atoms with Crippen molar-refractivity contribution < 1.29 is 17.6 Å². The number of nitrogens with zero attached hydrogens (tertiary/aromatic N) is 2. The van der Waals surface area contributed by atoms with E-state index in [4.69, 9.17) is 0 Å². The second kappa shape index (κ2) is 8.15. The normalized spacial score (nSPS) is 25.5. The van der Waals surface area contributed by atoms with Crippen molar-refractivity contribution in [1.29, 1.82) is 0 Å². The molecule has 0 radical (unpaired) electrons. The summed E-state index contributed by atoms with van der Waals surface area (Å²) in [6.07, 6.45) is 1.83. The molecule has 3 rings (SSSR count). The average Bonchev–Trinajstić information content (AvgIpc) is 2.61. The highest BCUT2D eigenvalue weighted by Crippen LogP contribution is 2.35.